The molecule has 3 nitrogen and oxygen atoms in total. The van der Waals surface area contributed by atoms with E-state index in [9.17, 15) is 8.42 Å². The zero-order valence-corrected chi connectivity index (χ0v) is 11.7. The lowest BCUT2D eigenvalue weighted by Gasteiger charge is -2.10. The molecule has 16 heavy (non-hydrogen) atoms. The minimum Gasteiger partial charge on any atom is -0.225 e. The lowest BCUT2D eigenvalue weighted by molar-refractivity contribution is 0.593. The van der Waals surface area contributed by atoms with Crippen molar-refractivity contribution in [3.05, 3.63) is 18.2 Å². The summed E-state index contributed by atoms with van der Waals surface area (Å²) < 4.78 is 23.2. The number of thioether (sulfide) groups is 2. The van der Waals surface area contributed by atoms with Gasteiger partial charge in [-0.2, -0.15) is 0 Å². The summed E-state index contributed by atoms with van der Waals surface area (Å²) in [7, 11) is -3.65. The maximum absolute atomic E-state index is 11.6. The maximum atomic E-state index is 11.6. The van der Waals surface area contributed by atoms with Crippen molar-refractivity contribution in [2.75, 3.05) is 11.5 Å². The normalized spacial score (nSPS) is 11.7. The topological polar surface area (TPSA) is 60.2 Å². The van der Waals surface area contributed by atoms with Crippen molar-refractivity contribution >= 4 is 33.5 Å². The molecule has 6 heteroatoms. The monoisotopic (exact) mass is 277 g/mol. The van der Waals surface area contributed by atoms with E-state index in [0.717, 1.165) is 21.3 Å². The van der Waals surface area contributed by atoms with Crippen LogP contribution in [0.25, 0.3) is 0 Å². The summed E-state index contributed by atoms with van der Waals surface area (Å²) >= 11 is 2.99. The molecule has 0 unspecified atom stereocenters. The molecular formula is C10H15NO2S3. The van der Waals surface area contributed by atoms with E-state index in [2.05, 4.69) is 0 Å². The van der Waals surface area contributed by atoms with Gasteiger partial charge in [0, 0.05) is 9.79 Å². The van der Waals surface area contributed by atoms with Crippen LogP contribution in [0.5, 0.6) is 0 Å². The van der Waals surface area contributed by atoms with Gasteiger partial charge in [-0.3, -0.25) is 0 Å². The Morgan fingerprint density at radius 1 is 1.12 bits per heavy atom. The minimum absolute atomic E-state index is 0.272. The number of rotatable bonds is 5. The van der Waals surface area contributed by atoms with Crippen LogP contribution < -0.4 is 5.14 Å². The van der Waals surface area contributed by atoms with Gasteiger partial charge in [-0.1, -0.05) is 19.9 Å². The van der Waals surface area contributed by atoms with Gasteiger partial charge in [0.1, 0.15) is 4.90 Å². The number of sulfonamides is 1. The highest BCUT2D eigenvalue weighted by Crippen LogP contribution is 2.33. The van der Waals surface area contributed by atoms with Crippen molar-refractivity contribution < 1.29 is 8.42 Å². The van der Waals surface area contributed by atoms with Gasteiger partial charge in [0.25, 0.3) is 0 Å². The SMILES string of the molecule is CCSc1cccc(SCC)c1S(N)(=O)=O. The first-order chi connectivity index (χ1) is 7.50. The van der Waals surface area contributed by atoms with Gasteiger partial charge in [0.15, 0.2) is 0 Å². The summed E-state index contributed by atoms with van der Waals surface area (Å²) in [6, 6.07) is 5.46. The Balaban J connectivity index is 3.35. The van der Waals surface area contributed by atoms with E-state index in [0.29, 0.717) is 0 Å². The summed E-state index contributed by atoms with van der Waals surface area (Å²) in [6.45, 7) is 3.97. The molecule has 1 rings (SSSR count). The Morgan fingerprint density at radius 3 is 1.88 bits per heavy atom. The third kappa shape index (κ3) is 3.41. The standard InChI is InChI=1S/C10H15NO2S3/c1-3-14-8-6-5-7-9(15-4-2)10(8)16(11,12)13/h5-7H,3-4H2,1-2H3,(H2,11,12,13). The lowest BCUT2D eigenvalue weighted by Crippen LogP contribution is -2.14. The van der Waals surface area contributed by atoms with Crippen molar-refractivity contribution in [3.8, 4) is 0 Å². The second-order valence-electron chi connectivity index (χ2n) is 2.99. The minimum atomic E-state index is -3.65. The smallest absolute Gasteiger partial charge is 0.225 e. The zero-order chi connectivity index (χ0) is 12.2. The van der Waals surface area contributed by atoms with E-state index < -0.39 is 10.0 Å². The van der Waals surface area contributed by atoms with E-state index in [1.807, 2.05) is 19.9 Å². The summed E-state index contributed by atoms with van der Waals surface area (Å²) in [5, 5.41) is 5.26. The van der Waals surface area contributed by atoms with Crippen molar-refractivity contribution in [1.29, 1.82) is 0 Å². The molecule has 1 aromatic rings. The Labute approximate surface area is 105 Å². The molecule has 0 saturated carbocycles. The first kappa shape index (κ1) is 13.9. The summed E-state index contributed by atoms with van der Waals surface area (Å²) in [6.07, 6.45) is 0. The molecule has 0 bridgehead atoms. The number of hydrogen-bond donors (Lipinski definition) is 1. The second-order valence-corrected chi connectivity index (χ2v) is 7.10. The quantitative estimate of drug-likeness (QED) is 0.840. The average molecular weight is 277 g/mol. The zero-order valence-electron chi connectivity index (χ0n) is 9.26. The van der Waals surface area contributed by atoms with Gasteiger partial charge in [0.2, 0.25) is 10.0 Å². The molecule has 0 atom stereocenters. The highest BCUT2D eigenvalue weighted by atomic mass is 32.2. The summed E-state index contributed by atoms with van der Waals surface area (Å²) in [5.74, 6) is 1.64. The fraction of sp³-hybridized carbons (Fsp3) is 0.400. The largest absolute Gasteiger partial charge is 0.240 e. The molecule has 0 radical (unpaired) electrons. The molecule has 2 N–H and O–H groups in total. The molecule has 0 amide bonds. The molecule has 0 aliphatic heterocycles. The van der Waals surface area contributed by atoms with Crippen LogP contribution in [0.2, 0.25) is 0 Å². The van der Waals surface area contributed by atoms with Gasteiger partial charge in [-0.15, -0.1) is 23.5 Å². The van der Waals surface area contributed by atoms with Crippen LogP contribution >= 0.6 is 23.5 Å². The molecule has 1 aromatic carbocycles. The number of primary sulfonamides is 1. The summed E-state index contributed by atoms with van der Waals surface area (Å²) in [4.78, 5) is 1.75. The van der Waals surface area contributed by atoms with E-state index in [4.69, 9.17) is 5.14 Å². The van der Waals surface area contributed by atoms with E-state index in [1.165, 1.54) is 23.5 Å². The fourth-order valence-corrected chi connectivity index (χ4v) is 4.58. The predicted octanol–water partition coefficient (Wildman–Crippen LogP) is 2.56. The van der Waals surface area contributed by atoms with E-state index in [-0.39, 0.29) is 4.90 Å². The Hall–Kier alpha value is -0.170. The van der Waals surface area contributed by atoms with Gasteiger partial charge < -0.3 is 0 Å². The molecule has 0 saturated heterocycles. The Kier molecular flexibility index (Phi) is 5.17. The van der Waals surface area contributed by atoms with Crippen LogP contribution in [0, 0.1) is 0 Å². The van der Waals surface area contributed by atoms with Crippen molar-refractivity contribution in [2.45, 2.75) is 28.5 Å². The van der Waals surface area contributed by atoms with Crippen LogP contribution in [-0.2, 0) is 10.0 Å². The molecule has 0 heterocycles. The number of hydrogen-bond acceptors (Lipinski definition) is 4. The Bertz CT molecular complexity index is 433. The molecular weight excluding hydrogens is 262 g/mol. The van der Waals surface area contributed by atoms with Crippen LogP contribution in [0.4, 0.5) is 0 Å². The summed E-state index contributed by atoms with van der Waals surface area (Å²) in [5.41, 5.74) is 0. The molecule has 0 aliphatic carbocycles. The van der Waals surface area contributed by atoms with Gasteiger partial charge in [-0.05, 0) is 23.6 Å². The first-order valence-electron chi connectivity index (χ1n) is 4.92. The highest BCUT2D eigenvalue weighted by Gasteiger charge is 2.18. The fourth-order valence-electron chi connectivity index (χ4n) is 1.31. The molecule has 0 aromatic heterocycles. The second kappa shape index (κ2) is 5.95. The van der Waals surface area contributed by atoms with Crippen molar-refractivity contribution in [1.82, 2.24) is 0 Å². The maximum Gasteiger partial charge on any atom is 0.240 e. The Morgan fingerprint density at radius 2 is 1.56 bits per heavy atom. The number of nitrogens with two attached hydrogens (primary N) is 1. The van der Waals surface area contributed by atoms with Gasteiger partial charge >= 0.3 is 0 Å². The van der Waals surface area contributed by atoms with E-state index in [1.54, 1.807) is 12.1 Å². The number of benzene rings is 1. The first-order valence-corrected chi connectivity index (χ1v) is 8.43. The predicted molar refractivity (Wildman–Crippen MR) is 70.6 cm³/mol. The highest BCUT2D eigenvalue weighted by molar-refractivity contribution is 8.01. The third-order valence-electron chi connectivity index (χ3n) is 1.83. The van der Waals surface area contributed by atoms with Gasteiger partial charge in [0.05, 0.1) is 0 Å². The van der Waals surface area contributed by atoms with Crippen molar-refractivity contribution in [2.24, 2.45) is 5.14 Å². The van der Waals surface area contributed by atoms with Crippen LogP contribution in [0.3, 0.4) is 0 Å². The molecule has 0 aliphatic rings. The lowest BCUT2D eigenvalue weighted by atomic mass is 10.4. The van der Waals surface area contributed by atoms with Gasteiger partial charge in [-0.25, -0.2) is 13.6 Å². The molecule has 90 valence electrons. The van der Waals surface area contributed by atoms with Crippen LogP contribution in [0.1, 0.15) is 13.8 Å². The molecule has 0 fully saturated rings. The third-order valence-corrected chi connectivity index (χ3v) is 4.97. The van der Waals surface area contributed by atoms with Crippen LogP contribution in [-0.4, -0.2) is 19.9 Å². The van der Waals surface area contributed by atoms with Crippen molar-refractivity contribution in [3.63, 3.8) is 0 Å². The van der Waals surface area contributed by atoms with E-state index >= 15 is 0 Å². The average Bonchev–Trinajstić information content (AvgIpc) is 2.17. The van der Waals surface area contributed by atoms with Crippen LogP contribution in [0.15, 0.2) is 32.9 Å². The molecule has 0 spiro atoms.